The first kappa shape index (κ1) is 17.3. The Hall–Kier alpha value is -1.51. The van der Waals surface area contributed by atoms with Crippen LogP contribution in [0.1, 0.15) is 69.8 Å². The van der Waals surface area contributed by atoms with Gasteiger partial charge in [0.25, 0.3) is 0 Å². The third-order valence-electron chi connectivity index (χ3n) is 6.01. The minimum Gasteiger partial charge on any atom is -0.493 e. The first-order valence-corrected chi connectivity index (χ1v) is 9.59. The van der Waals surface area contributed by atoms with Crippen molar-refractivity contribution >= 4 is 5.97 Å². The van der Waals surface area contributed by atoms with Crippen molar-refractivity contribution in [2.45, 2.75) is 70.6 Å². The molecule has 2 aliphatic rings. The highest BCUT2D eigenvalue weighted by molar-refractivity contribution is 5.67. The highest BCUT2D eigenvalue weighted by atomic mass is 16.5. The Morgan fingerprint density at radius 1 is 1.08 bits per heavy atom. The lowest BCUT2D eigenvalue weighted by molar-refractivity contribution is -0.136. The number of aryl methyl sites for hydroxylation is 1. The van der Waals surface area contributed by atoms with Crippen LogP contribution < -0.4 is 4.74 Å². The second-order valence-electron chi connectivity index (χ2n) is 7.87. The van der Waals surface area contributed by atoms with Crippen LogP contribution in [0.4, 0.5) is 0 Å². The van der Waals surface area contributed by atoms with Gasteiger partial charge in [0, 0.05) is 6.42 Å². The predicted molar refractivity (Wildman–Crippen MR) is 95.4 cm³/mol. The van der Waals surface area contributed by atoms with E-state index in [4.69, 9.17) is 9.84 Å². The van der Waals surface area contributed by atoms with Gasteiger partial charge in [0.05, 0.1) is 6.61 Å². The summed E-state index contributed by atoms with van der Waals surface area (Å²) in [5.74, 6) is 0.870. The Morgan fingerprint density at radius 3 is 2.46 bits per heavy atom. The van der Waals surface area contributed by atoms with E-state index in [9.17, 15) is 4.79 Å². The van der Waals surface area contributed by atoms with E-state index in [1.54, 1.807) is 0 Å². The zero-order valence-electron chi connectivity index (χ0n) is 14.6. The zero-order valence-corrected chi connectivity index (χ0v) is 14.6. The first-order chi connectivity index (χ1) is 11.7. The molecule has 0 heterocycles. The molecule has 3 nitrogen and oxygen atoms in total. The maximum atomic E-state index is 10.6. The Labute approximate surface area is 145 Å². The molecule has 0 aliphatic heterocycles. The zero-order chi connectivity index (χ0) is 16.8. The van der Waals surface area contributed by atoms with Crippen LogP contribution in [0.15, 0.2) is 24.3 Å². The average Bonchev–Trinajstić information content (AvgIpc) is 2.83. The Morgan fingerprint density at radius 2 is 1.79 bits per heavy atom. The number of rotatable bonds is 6. The quantitative estimate of drug-likeness (QED) is 0.777. The topological polar surface area (TPSA) is 46.5 Å². The van der Waals surface area contributed by atoms with Crippen LogP contribution in [0.3, 0.4) is 0 Å². The number of ether oxygens (including phenoxy) is 1. The number of carboxylic acids is 1. The largest absolute Gasteiger partial charge is 0.493 e. The molecule has 0 amide bonds. The number of benzene rings is 1. The molecule has 2 aliphatic carbocycles. The lowest BCUT2D eigenvalue weighted by Crippen LogP contribution is -2.17. The summed E-state index contributed by atoms with van der Waals surface area (Å²) < 4.78 is 6.02. The molecule has 0 aromatic heterocycles. The minimum atomic E-state index is -0.746. The van der Waals surface area contributed by atoms with Gasteiger partial charge in [-0.15, -0.1) is 0 Å². The molecule has 1 aromatic carbocycles. The standard InChI is InChI=1S/C21H30O3/c22-20(23)10-7-17-5-8-19(9-6-17)24-16-18-11-14-21(15-18)12-3-1-2-4-13-21/h5-6,8-9,18H,1-4,7,10-16H2,(H,22,23). The molecule has 3 heteroatoms. The van der Waals surface area contributed by atoms with Crippen molar-refractivity contribution in [2.75, 3.05) is 6.61 Å². The van der Waals surface area contributed by atoms with Gasteiger partial charge in [0.1, 0.15) is 5.75 Å². The van der Waals surface area contributed by atoms with Gasteiger partial charge in [-0.1, -0.05) is 37.8 Å². The molecule has 1 N–H and O–H groups in total. The molecule has 0 bridgehead atoms. The van der Waals surface area contributed by atoms with Crippen LogP contribution in [0.25, 0.3) is 0 Å². The van der Waals surface area contributed by atoms with Gasteiger partial charge in [0.15, 0.2) is 0 Å². The molecule has 2 saturated carbocycles. The summed E-state index contributed by atoms with van der Waals surface area (Å²) in [5.41, 5.74) is 1.69. The normalized spacial score (nSPS) is 23.1. The number of carbonyl (C=O) groups is 1. The average molecular weight is 330 g/mol. The monoisotopic (exact) mass is 330 g/mol. The second kappa shape index (κ2) is 8.04. The van der Waals surface area contributed by atoms with Crippen molar-refractivity contribution in [3.63, 3.8) is 0 Å². The predicted octanol–water partition coefficient (Wildman–Crippen LogP) is 5.22. The molecule has 132 valence electrons. The first-order valence-electron chi connectivity index (χ1n) is 9.59. The third-order valence-corrected chi connectivity index (χ3v) is 6.01. The second-order valence-corrected chi connectivity index (χ2v) is 7.87. The molecule has 0 radical (unpaired) electrons. The molecular weight excluding hydrogens is 300 g/mol. The van der Waals surface area contributed by atoms with E-state index < -0.39 is 5.97 Å². The van der Waals surface area contributed by atoms with Crippen molar-refractivity contribution in [1.82, 2.24) is 0 Å². The molecule has 2 fully saturated rings. The highest BCUT2D eigenvalue weighted by Crippen LogP contribution is 2.50. The Kier molecular flexibility index (Phi) is 5.80. The SMILES string of the molecule is O=C(O)CCc1ccc(OCC2CCC3(CCCCCC3)C2)cc1. The van der Waals surface area contributed by atoms with Gasteiger partial charge in [0.2, 0.25) is 0 Å². The number of carboxylic acid groups (broad SMARTS) is 1. The molecule has 0 saturated heterocycles. The van der Waals surface area contributed by atoms with Crippen molar-refractivity contribution in [2.24, 2.45) is 11.3 Å². The van der Waals surface area contributed by atoms with Gasteiger partial charge in [-0.2, -0.15) is 0 Å². The number of hydrogen-bond acceptors (Lipinski definition) is 2. The van der Waals surface area contributed by atoms with Gasteiger partial charge >= 0.3 is 5.97 Å². The van der Waals surface area contributed by atoms with Crippen molar-refractivity contribution in [1.29, 1.82) is 0 Å². The molecule has 1 atom stereocenters. The van der Waals surface area contributed by atoms with Crippen LogP contribution >= 0.6 is 0 Å². The van der Waals surface area contributed by atoms with E-state index in [-0.39, 0.29) is 6.42 Å². The summed E-state index contributed by atoms with van der Waals surface area (Å²) in [6.07, 6.45) is 13.4. The summed E-state index contributed by atoms with van der Waals surface area (Å²) in [6.45, 7) is 0.830. The summed E-state index contributed by atoms with van der Waals surface area (Å²) >= 11 is 0. The van der Waals surface area contributed by atoms with Crippen LogP contribution in [0, 0.1) is 11.3 Å². The third kappa shape index (κ3) is 4.75. The Bertz CT molecular complexity index is 527. The van der Waals surface area contributed by atoms with E-state index >= 15 is 0 Å². The van der Waals surface area contributed by atoms with E-state index in [0.29, 0.717) is 17.8 Å². The van der Waals surface area contributed by atoms with Crippen molar-refractivity contribution in [3.05, 3.63) is 29.8 Å². The minimum absolute atomic E-state index is 0.185. The maximum absolute atomic E-state index is 10.6. The van der Waals surface area contributed by atoms with E-state index in [1.165, 1.54) is 57.8 Å². The lowest BCUT2D eigenvalue weighted by Gasteiger charge is -2.27. The molecule has 1 unspecified atom stereocenters. The molecule has 24 heavy (non-hydrogen) atoms. The highest BCUT2D eigenvalue weighted by Gasteiger charge is 2.39. The molecule has 1 aromatic rings. The van der Waals surface area contributed by atoms with Gasteiger partial charge in [-0.3, -0.25) is 4.79 Å². The van der Waals surface area contributed by atoms with Crippen molar-refractivity contribution in [3.8, 4) is 5.75 Å². The van der Waals surface area contributed by atoms with Crippen LogP contribution in [-0.4, -0.2) is 17.7 Å². The smallest absolute Gasteiger partial charge is 0.303 e. The fourth-order valence-electron chi connectivity index (χ4n) is 4.62. The van der Waals surface area contributed by atoms with E-state index in [0.717, 1.165) is 17.9 Å². The maximum Gasteiger partial charge on any atom is 0.303 e. The lowest BCUT2D eigenvalue weighted by atomic mass is 9.78. The summed E-state index contributed by atoms with van der Waals surface area (Å²) in [6, 6.07) is 7.93. The fraction of sp³-hybridized carbons (Fsp3) is 0.667. The van der Waals surface area contributed by atoms with Crippen LogP contribution in [0.5, 0.6) is 5.75 Å². The van der Waals surface area contributed by atoms with Gasteiger partial charge in [-0.25, -0.2) is 0 Å². The van der Waals surface area contributed by atoms with Gasteiger partial charge < -0.3 is 9.84 Å². The fourth-order valence-corrected chi connectivity index (χ4v) is 4.62. The van der Waals surface area contributed by atoms with E-state index in [1.807, 2.05) is 24.3 Å². The molecular formula is C21H30O3. The van der Waals surface area contributed by atoms with E-state index in [2.05, 4.69) is 0 Å². The van der Waals surface area contributed by atoms with Crippen LogP contribution in [0.2, 0.25) is 0 Å². The van der Waals surface area contributed by atoms with Gasteiger partial charge in [-0.05, 0) is 67.6 Å². The molecule has 3 rings (SSSR count). The van der Waals surface area contributed by atoms with Crippen molar-refractivity contribution < 1.29 is 14.6 Å². The number of hydrogen-bond donors (Lipinski definition) is 1. The number of aliphatic carboxylic acids is 1. The summed E-state index contributed by atoms with van der Waals surface area (Å²) in [7, 11) is 0. The summed E-state index contributed by atoms with van der Waals surface area (Å²) in [4.78, 5) is 10.6. The Balaban J connectivity index is 1.45. The van der Waals surface area contributed by atoms with Crippen LogP contribution in [-0.2, 0) is 11.2 Å². The summed E-state index contributed by atoms with van der Waals surface area (Å²) in [5, 5.41) is 8.73. The molecule has 1 spiro atoms.